The van der Waals surface area contributed by atoms with Gasteiger partial charge in [0.15, 0.2) is 0 Å². The van der Waals surface area contributed by atoms with Crippen molar-refractivity contribution in [1.29, 1.82) is 0 Å². The van der Waals surface area contributed by atoms with Crippen molar-refractivity contribution in [3.8, 4) is 0 Å². The SMILES string of the molecule is CC(C)(C)OC(=O)N1CCC(C(=O)NNC(=O)c2ccnc(C(F)(F)F)c2)CC1. The van der Waals surface area contributed by atoms with E-state index in [1.54, 1.807) is 20.8 Å². The quantitative estimate of drug-likeness (QED) is 0.722. The molecule has 2 rings (SSSR count). The van der Waals surface area contributed by atoms with E-state index in [1.165, 1.54) is 4.90 Å². The zero-order valence-electron chi connectivity index (χ0n) is 16.3. The summed E-state index contributed by atoms with van der Waals surface area (Å²) < 4.78 is 43.3. The van der Waals surface area contributed by atoms with Crippen LogP contribution in [-0.2, 0) is 15.7 Å². The van der Waals surface area contributed by atoms with Gasteiger partial charge in [0, 0.05) is 30.8 Å². The normalized spacial score (nSPS) is 15.6. The van der Waals surface area contributed by atoms with Crippen LogP contribution in [0.2, 0.25) is 0 Å². The van der Waals surface area contributed by atoms with E-state index in [0.717, 1.165) is 12.3 Å². The minimum atomic E-state index is -4.68. The molecule has 0 spiro atoms. The largest absolute Gasteiger partial charge is 0.444 e. The van der Waals surface area contributed by atoms with E-state index in [4.69, 9.17) is 4.74 Å². The molecule has 1 saturated heterocycles. The van der Waals surface area contributed by atoms with Gasteiger partial charge in [-0.2, -0.15) is 13.2 Å². The maximum Gasteiger partial charge on any atom is 0.433 e. The summed E-state index contributed by atoms with van der Waals surface area (Å²) in [5.41, 5.74) is 2.21. The molecule has 0 saturated carbocycles. The van der Waals surface area contributed by atoms with Crippen molar-refractivity contribution >= 4 is 17.9 Å². The third-order valence-corrected chi connectivity index (χ3v) is 4.13. The number of aromatic nitrogens is 1. The van der Waals surface area contributed by atoms with Gasteiger partial charge in [0.2, 0.25) is 5.91 Å². The van der Waals surface area contributed by atoms with Gasteiger partial charge in [-0.15, -0.1) is 0 Å². The van der Waals surface area contributed by atoms with E-state index in [0.29, 0.717) is 32.0 Å². The highest BCUT2D eigenvalue weighted by molar-refractivity contribution is 5.95. The summed E-state index contributed by atoms with van der Waals surface area (Å²) in [6.45, 7) is 5.91. The number of hydrogen-bond donors (Lipinski definition) is 2. The van der Waals surface area contributed by atoms with Crippen molar-refractivity contribution in [3.63, 3.8) is 0 Å². The van der Waals surface area contributed by atoms with E-state index >= 15 is 0 Å². The van der Waals surface area contributed by atoms with E-state index in [1.807, 2.05) is 0 Å². The van der Waals surface area contributed by atoms with Gasteiger partial charge in [-0.05, 0) is 45.7 Å². The highest BCUT2D eigenvalue weighted by Gasteiger charge is 2.33. The number of amides is 3. The van der Waals surface area contributed by atoms with Crippen LogP contribution in [0.1, 0.15) is 49.7 Å². The average molecular weight is 416 g/mol. The summed E-state index contributed by atoms with van der Waals surface area (Å²) in [6, 6.07) is 1.71. The number of halogens is 3. The monoisotopic (exact) mass is 416 g/mol. The second-order valence-corrected chi connectivity index (χ2v) is 7.61. The van der Waals surface area contributed by atoms with Gasteiger partial charge in [-0.1, -0.05) is 0 Å². The Morgan fingerprint density at radius 3 is 2.31 bits per heavy atom. The predicted molar refractivity (Wildman–Crippen MR) is 95.4 cm³/mol. The average Bonchev–Trinajstić information content (AvgIpc) is 2.64. The molecular weight excluding hydrogens is 393 g/mol. The fourth-order valence-corrected chi connectivity index (χ4v) is 2.67. The number of rotatable bonds is 2. The molecule has 0 bridgehead atoms. The van der Waals surface area contributed by atoms with Crippen molar-refractivity contribution < 1.29 is 32.3 Å². The molecule has 1 aliphatic rings. The van der Waals surface area contributed by atoms with Crippen molar-refractivity contribution in [3.05, 3.63) is 29.6 Å². The number of likely N-dealkylation sites (tertiary alicyclic amines) is 1. The molecule has 0 unspecified atom stereocenters. The van der Waals surface area contributed by atoms with Crippen LogP contribution in [0.25, 0.3) is 0 Å². The first-order valence-electron chi connectivity index (χ1n) is 8.98. The summed E-state index contributed by atoms with van der Waals surface area (Å²) in [6.07, 6.45) is -3.53. The molecule has 1 aliphatic heterocycles. The Kier molecular flexibility index (Phi) is 6.70. The van der Waals surface area contributed by atoms with Crippen LogP contribution in [0, 0.1) is 5.92 Å². The molecule has 1 aromatic heterocycles. The molecule has 160 valence electrons. The number of nitrogens with one attached hydrogen (secondary N) is 2. The Labute approximate surface area is 165 Å². The van der Waals surface area contributed by atoms with Crippen LogP contribution in [0.5, 0.6) is 0 Å². The summed E-state index contributed by atoms with van der Waals surface area (Å²) in [5.74, 6) is -1.82. The molecule has 3 amide bonds. The smallest absolute Gasteiger partial charge is 0.433 e. The lowest BCUT2D eigenvalue weighted by atomic mass is 9.96. The van der Waals surface area contributed by atoms with Gasteiger partial charge in [-0.25, -0.2) is 4.79 Å². The van der Waals surface area contributed by atoms with Gasteiger partial charge >= 0.3 is 12.3 Å². The Morgan fingerprint density at radius 2 is 1.76 bits per heavy atom. The second kappa shape index (κ2) is 8.66. The molecule has 0 atom stereocenters. The summed E-state index contributed by atoms with van der Waals surface area (Å²) in [7, 11) is 0. The number of carbonyl (C=O) groups is 3. The molecule has 0 radical (unpaired) electrons. The molecule has 1 aromatic rings. The Bertz CT molecular complexity index is 769. The zero-order chi connectivity index (χ0) is 21.8. The van der Waals surface area contributed by atoms with Gasteiger partial charge in [-0.3, -0.25) is 25.4 Å². The van der Waals surface area contributed by atoms with Crippen molar-refractivity contribution in [2.24, 2.45) is 5.92 Å². The van der Waals surface area contributed by atoms with Crippen LogP contribution in [0.15, 0.2) is 18.3 Å². The summed E-state index contributed by atoms with van der Waals surface area (Å²) >= 11 is 0. The molecular formula is C18H23F3N4O4. The number of piperidine rings is 1. The molecule has 2 N–H and O–H groups in total. The maximum atomic E-state index is 12.7. The maximum absolute atomic E-state index is 12.7. The Morgan fingerprint density at radius 1 is 1.14 bits per heavy atom. The molecule has 8 nitrogen and oxygen atoms in total. The van der Waals surface area contributed by atoms with Crippen LogP contribution in [0.4, 0.5) is 18.0 Å². The van der Waals surface area contributed by atoms with Gasteiger partial charge < -0.3 is 9.64 Å². The van der Waals surface area contributed by atoms with E-state index in [9.17, 15) is 27.6 Å². The number of pyridine rings is 1. The Balaban J connectivity index is 1.83. The van der Waals surface area contributed by atoms with Crippen molar-refractivity contribution in [1.82, 2.24) is 20.7 Å². The van der Waals surface area contributed by atoms with Crippen LogP contribution in [-0.4, -0.2) is 46.5 Å². The fourth-order valence-electron chi connectivity index (χ4n) is 2.67. The third kappa shape index (κ3) is 6.61. The summed E-state index contributed by atoms with van der Waals surface area (Å²) in [5, 5.41) is 0. The molecule has 0 aromatic carbocycles. The first-order chi connectivity index (χ1) is 13.4. The fraction of sp³-hybridized carbons (Fsp3) is 0.556. The molecule has 0 aliphatic carbocycles. The lowest BCUT2D eigenvalue weighted by molar-refractivity contribution is -0.141. The molecule has 29 heavy (non-hydrogen) atoms. The lowest BCUT2D eigenvalue weighted by Gasteiger charge is -2.32. The standard InChI is InChI=1S/C18H23F3N4O4/c1-17(2,3)29-16(28)25-8-5-11(6-9-25)14(26)23-24-15(27)12-4-7-22-13(10-12)18(19,20)21/h4,7,10-11H,5-6,8-9H2,1-3H3,(H,23,26)(H,24,27). The number of carbonyl (C=O) groups excluding carboxylic acids is 3. The second-order valence-electron chi connectivity index (χ2n) is 7.61. The van der Waals surface area contributed by atoms with Crippen LogP contribution < -0.4 is 10.9 Å². The topological polar surface area (TPSA) is 101 Å². The number of hydrogen-bond acceptors (Lipinski definition) is 5. The first kappa shape index (κ1) is 22.4. The van der Waals surface area contributed by atoms with E-state index in [2.05, 4.69) is 15.8 Å². The van der Waals surface area contributed by atoms with Crippen LogP contribution in [0.3, 0.4) is 0 Å². The van der Waals surface area contributed by atoms with Crippen molar-refractivity contribution in [2.75, 3.05) is 13.1 Å². The van der Waals surface area contributed by atoms with Gasteiger partial charge in [0.05, 0.1) is 0 Å². The number of alkyl halides is 3. The number of hydrazine groups is 1. The van der Waals surface area contributed by atoms with E-state index < -0.39 is 41.3 Å². The molecule has 2 heterocycles. The minimum absolute atomic E-state index is 0.285. The van der Waals surface area contributed by atoms with E-state index in [-0.39, 0.29) is 5.56 Å². The van der Waals surface area contributed by atoms with Crippen LogP contribution >= 0.6 is 0 Å². The molecule has 1 fully saturated rings. The highest BCUT2D eigenvalue weighted by atomic mass is 19.4. The van der Waals surface area contributed by atoms with Gasteiger partial charge in [0.25, 0.3) is 5.91 Å². The number of ether oxygens (including phenoxy) is 1. The first-order valence-corrected chi connectivity index (χ1v) is 8.98. The molecule has 11 heteroatoms. The predicted octanol–water partition coefficient (Wildman–Crippen LogP) is 2.51. The highest BCUT2D eigenvalue weighted by Crippen LogP contribution is 2.27. The number of nitrogens with zero attached hydrogens (tertiary/aromatic N) is 2. The minimum Gasteiger partial charge on any atom is -0.444 e. The summed E-state index contributed by atoms with van der Waals surface area (Å²) in [4.78, 5) is 40.9. The van der Waals surface area contributed by atoms with Gasteiger partial charge in [0.1, 0.15) is 11.3 Å². The Hall–Kier alpha value is -2.85. The van der Waals surface area contributed by atoms with Crippen molar-refractivity contribution in [2.45, 2.75) is 45.4 Å². The third-order valence-electron chi connectivity index (χ3n) is 4.13. The lowest BCUT2D eigenvalue weighted by Crippen LogP contribution is -2.48. The zero-order valence-corrected chi connectivity index (χ0v) is 16.3.